The first-order valence-corrected chi connectivity index (χ1v) is 6.30. The second-order valence-electron chi connectivity index (χ2n) is 4.02. The predicted molar refractivity (Wildman–Crippen MR) is 82.8 cm³/mol. The quantitative estimate of drug-likeness (QED) is 0.780. The fourth-order valence-electron chi connectivity index (χ4n) is 1.59. The van der Waals surface area contributed by atoms with E-state index in [4.69, 9.17) is 26.8 Å². The van der Waals surface area contributed by atoms with Crippen LogP contribution in [0.5, 0.6) is 0 Å². The molecule has 0 fully saturated rings. The van der Waals surface area contributed by atoms with Gasteiger partial charge in [-0.05, 0) is 18.2 Å². The summed E-state index contributed by atoms with van der Waals surface area (Å²) in [6, 6.07) is 4.86. The molecule has 0 aromatic heterocycles. The van der Waals surface area contributed by atoms with Crippen molar-refractivity contribution < 1.29 is 14.3 Å². The molecule has 5 nitrogen and oxygen atoms in total. The van der Waals surface area contributed by atoms with E-state index >= 15 is 0 Å². The number of halogens is 2. The summed E-state index contributed by atoms with van der Waals surface area (Å²) in [7, 11) is 3.18. The number of hydrogen-bond acceptors (Lipinski definition) is 4. The number of carbonyl (C=O) groups is 1. The van der Waals surface area contributed by atoms with Gasteiger partial charge >= 0.3 is 0 Å². The largest absolute Gasteiger partial charge is 0.399 e. The van der Waals surface area contributed by atoms with Crippen molar-refractivity contribution >= 4 is 35.6 Å². The predicted octanol–water partition coefficient (Wildman–Crippen LogP) is 2.08. The van der Waals surface area contributed by atoms with Gasteiger partial charge in [0.2, 0.25) is 0 Å². The Morgan fingerprint density at radius 3 is 2.25 bits per heavy atom. The number of amides is 1. The maximum Gasteiger partial charge on any atom is 0.255 e. The summed E-state index contributed by atoms with van der Waals surface area (Å²) < 4.78 is 10.00. The Bertz CT molecular complexity index is 422. The molecule has 1 aromatic carbocycles. The average molecular weight is 323 g/mol. The van der Waals surface area contributed by atoms with Crippen molar-refractivity contribution in [3.8, 4) is 0 Å². The van der Waals surface area contributed by atoms with Crippen LogP contribution in [0, 0.1) is 0 Å². The molecular formula is C13H20Cl2N2O3. The normalized spacial score (nSPS) is 9.95. The summed E-state index contributed by atoms with van der Waals surface area (Å²) in [4.78, 5) is 14.0. The zero-order valence-corrected chi connectivity index (χ0v) is 13.2. The molecule has 1 aromatic rings. The molecule has 0 aliphatic rings. The molecule has 1 rings (SSSR count). The molecule has 0 bridgehead atoms. The van der Waals surface area contributed by atoms with Crippen molar-refractivity contribution in [2.45, 2.75) is 0 Å². The molecule has 0 heterocycles. The van der Waals surface area contributed by atoms with E-state index in [0.29, 0.717) is 42.6 Å². The summed E-state index contributed by atoms with van der Waals surface area (Å²) in [5.41, 5.74) is 6.58. The summed E-state index contributed by atoms with van der Waals surface area (Å²) in [6.07, 6.45) is 0. The van der Waals surface area contributed by atoms with Crippen molar-refractivity contribution in [2.24, 2.45) is 0 Å². The number of nitrogens with two attached hydrogens (primary N) is 1. The third kappa shape index (κ3) is 5.54. The van der Waals surface area contributed by atoms with Crippen molar-refractivity contribution in [1.29, 1.82) is 0 Å². The standard InChI is InChI=1S/C13H19ClN2O3.ClH/c1-18-7-5-16(6-8-19-2)13(17)11-4-3-10(15)9-12(11)14;/h3-4,9H,5-8,15H2,1-2H3;1H. The molecular weight excluding hydrogens is 303 g/mol. The van der Waals surface area contributed by atoms with Crippen LogP contribution in [-0.4, -0.2) is 51.3 Å². The Kier molecular flexibility index (Phi) is 9.33. The number of methoxy groups -OCH3 is 2. The molecule has 1 amide bonds. The molecule has 0 saturated heterocycles. The number of rotatable bonds is 7. The first-order valence-electron chi connectivity index (χ1n) is 5.92. The van der Waals surface area contributed by atoms with E-state index < -0.39 is 0 Å². The lowest BCUT2D eigenvalue weighted by Crippen LogP contribution is -2.36. The molecule has 0 spiro atoms. The Balaban J connectivity index is 0.00000361. The van der Waals surface area contributed by atoms with Crippen LogP contribution in [0.15, 0.2) is 18.2 Å². The lowest BCUT2D eigenvalue weighted by atomic mass is 10.1. The van der Waals surface area contributed by atoms with Crippen molar-refractivity contribution in [3.63, 3.8) is 0 Å². The lowest BCUT2D eigenvalue weighted by molar-refractivity contribution is 0.0627. The van der Waals surface area contributed by atoms with Crippen LogP contribution in [-0.2, 0) is 9.47 Å². The van der Waals surface area contributed by atoms with Gasteiger partial charge in [-0.15, -0.1) is 12.4 Å². The van der Waals surface area contributed by atoms with Gasteiger partial charge in [-0.3, -0.25) is 4.79 Å². The Labute approximate surface area is 130 Å². The minimum absolute atomic E-state index is 0. The van der Waals surface area contributed by atoms with E-state index in [1.807, 2.05) is 0 Å². The summed E-state index contributed by atoms with van der Waals surface area (Å²) in [5, 5.41) is 0.352. The van der Waals surface area contributed by atoms with E-state index in [1.165, 1.54) is 0 Å². The number of nitrogens with zero attached hydrogens (tertiary/aromatic N) is 1. The van der Waals surface area contributed by atoms with Crippen molar-refractivity contribution in [1.82, 2.24) is 4.90 Å². The lowest BCUT2D eigenvalue weighted by Gasteiger charge is -2.22. The number of ether oxygens (including phenoxy) is 2. The molecule has 20 heavy (non-hydrogen) atoms. The highest BCUT2D eigenvalue weighted by atomic mass is 35.5. The topological polar surface area (TPSA) is 64.8 Å². The number of carbonyl (C=O) groups excluding carboxylic acids is 1. The van der Waals surface area contributed by atoms with Crippen LogP contribution >= 0.6 is 24.0 Å². The molecule has 0 unspecified atom stereocenters. The monoisotopic (exact) mass is 322 g/mol. The van der Waals surface area contributed by atoms with Gasteiger partial charge in [-0.25, -0.2) is 0 Å². The third-order valence-electron chi connectivity index (χ3n) is 2.64. The molecule has 0 radical (unpaired) electrons. The highest BCUT2D eigenvalue weighted by Gasteiger charge is 2.18. The smallest absolute Gasteiger partial charge is 0.255 e. The van der Waals surface area contributed by atoms with Gasteiger partial charge in [0.05, 0.1) is 23.8 Å². The van der Waals surface area contributed by atoms with Gasteiger partial charge < -0.3 is 20.1 Å². The molecule has 0 aliphatic heterocycles. The minimum atomic E-state index is -0.154. The molecule has 0 atom stereocenters. The maximum absolute atomic E-state index is 12.4. The Morgan fingerprint density at radius 1 is 1.25 bits per heavy atom. The molecule has 7 heteroatoms. The number of anilines is 1. The van der Waals surface area contributed by atoms with Gasteiger partial charge in [0.1, 0.15) is 0 Å². The van der Waals surface area contributed by atoms with Crippen molar-refractivity contribution in [3.05, 3.63) is 28.8 Å². The van der Waals surface area contributed by atoms with Crippen LogP contribution in [0.4, 0.5) is 5.69 Å². The van der Waals surface area contributed by atoms with Crippen molar-refractivity contribution in [2.75, 3.05) is 46.3 Å². The van der Waals surface area contributed by atoms with Gasteiger partial charge in [-0.2, -0.15) is 0 Å². The molecule has 0 saturated carbocycles. The van der Waals surface area contributed by atoms with Crippen LogP contribution in [0.2, 0.25) is 5.02 Å². The van der Waals surface area contributed by atoms with Crippen LogP contribution in [0.3, 0.4) is 0 Å². The Hall–Kier alpha value is -1.01. The maximum atomic E-state index is 12.4. The first kappa shape index (κ1) is 19.0. The second-order valence-corrected chi connectivity index (χ2v) is 4.42. The number of hydrogen-bond donors (Lipinski definition) is 1. The number of benzene rings is 1. The zero-order chi connectivity index (χ0) is 14.3. The first-order chi connectivity index (χ1) is 9.10. The third-order valence-corrected chi connectivity index (χ3v) is 2.95. The summed E-state index contributed by atoms with van der Waals surface area (Å²) >= 11 is 6.05. The van der Waals surface area contributed by atoms with Gasteiger partial charge in [0, 0.05) is 33.0 Å². The number of nitrogen functional groups attached to an aromatic ring is 1. The van der Waals surface area contributed by atoms with Gasteiger partial charge in [-0.1, -0.05) is 11.6 Å². The van der Waals surface area contributed by atoms with Crippen LogP contribution in [0.25, 0.3) is 0 Å². The highest BCUT2D eigenvalue weighted by molar-refractivity contribution is 6.34. The fourth-order valence-corrected chi connectivity index (χ4v) is 1.86. The Morgan fingerprint density at radius 2 is 1.80 bits per heavy atom. The highest BCUT2D eigenvalue weighted by Crippen LogP contribution is 2.20. The van der Waals surface area contributed by atoms with E-state index in [-0.39, 0.29) is 18.3 Å². The molecule has 0 aliphatic carbocycles. The van der Waals surface area contributed by atoms with Gasteiger partial charge in [0.25, 0.3) is 5.91 Å². The SMILES string of the molecule is COCCN(CCOC)C(=O)c1ccc(N)cc1Cl.Cl. The van der Waals surface area contributed by atoms with Gasteiger partial charge in [0.15, 0.2) is 0 Å². The average Bonchev–Trinajstić information content (AvgIpc) is 2.38. The van der Waals surface area contributed by atoms with Crippen LogP contribution < -0.4 is 5.73 Å². The second kappa shape index (κ2) is 9.83. The molecule has 114 valence electrons. The zero-order valence-electron chi connectivity index (χ0n) is 11.6. The summed E-state index contributed by atoms with van der Waals surface area (Å²) in [5.74, 6) is -0.154. The van der Waals surface area contributed by atoms with E-state index in [2.05, 4.69) is 0 Å². The van der Waals surface area contributed by atoms with E-state index in [1.54, 1.807) is 37.3 Å². The van der Waals surface area contributed by atoms with E-state index in [9.17, 15) is 4.79 Å². The molecule has 2 N–H and O–H groups in total. The fraction of sp³-hybridized carbons (Fsp3) is 0.462. The van der Waals surface area contributed by atoms with E-state index in [0.717, 1.165) is 0 Å². The summed E-state index contributed by atoms with van der Waals surface area (Å²) in [6.45, 7) is 1.89. The van der Waals surface area contributed by atoms with Crippen LogP contribution in [0.1, 0.15) is 10.4 Å². The minimum Gasteiger partial charge on any atom is -0.399 e.